The van der Waals surface area contributed by atoms with Gasteiger partial charge in [0.15, 0.2) is 13.2 Å². The highest BCUT2D eigenvalue weighted by Gasteiger charge is 2.28. The van der Waals surface area contributed by atoms with Gasteiger partial charge in [-0.1, -0.05) is 40.2 Å². The first-order valence-electron chi connectivity index (χ1n) is 9.30. The molecule has 0 fully saturated rings. The number of hydrogen-bond acceptors (Lipinski definition) is 3. The fraction of sp³-hybridized carbons (Fsp3) is 0.429. The van der Waals surface area contributed by atoms with Crippen LogP contribution in [0, 0.1) is 0 Å². The van der Waals surface area contributed by atoms with Crippen molar-refractivity contribution in [3.05, 3.63) is 59.7 Å². The summed E-state index contributed by atoms with van der Waals surface area (Å²) < 4.78 is 80.1. The van der Waals surface area contributed by atoms with Gasteiger partial charge in [-0.25, -0.2) is 0 Å². The number of hydrogen-bond donors (Lipinski definition) is 1. The molecule has 174 valence electrons. The first-order valence-corrected chi connectivity index (χ1v) is 10.4. The molecule has 0 heterocycles. The van der Waals surface area contributed by atoms with Crippen LogP contribution in [0.4, 0.5) is 26.3 Å². The molecule has 3 nitrogen and oxygen atoms in total. The SMILES string of the molecule is CNCCc1ccc(OCC(F)(F)F)cc1.FC(F)(F)COc1ccc(CCBr)cc1. The van der Waals surface area contributed by atoms with E-state index in [1.165, 1.54) is 0 Å². The molecule has 0 atom stereocenters. The average molecular weight is 516 g/mol. The predicted octanol–water partition coefficient (Wildman–Crippen LogP) is 5.95. The smallest absolute Gasteiger partial charge is 0.422 e. The van der Waals surface area contributed by atoms with Gasteiger partial charge in [-0.3, -0.25) is 0 Å². The minimum atomic E-state index is -4.29. The van der Waals surface area contributed by atoms with Gasteiger partial charge < -0.3 is 14.8 Å². The van der Waals surface area contributed by atoms with Gasteiger partial charge in [0.05, 0.1) is 0 Å². The Bertz CT molecular complexity index is 734. The molecular weight excluding hydrogens is 492 g/mol. The molecular formula is C21H24BrF6NO2. The maximum absolute atomic E-state index is 11.9. The third kappa shape index (κ3) is 13.9. The number of aryl methyl sites for hydroxylation is 1. The number of nitrogens with one attached hydrogen (secondary N) is 1. The second-order valence-corrected chi connectivity index (χ2v) is 7.18. The molecule has 0 aliphatic carbocycles. The first kappa shape index (κ1) is 27.1. The zero-order valence-electron chi connectivity index (χ0n) is 16.8. The maximum Gasteiger partial charge on any atom is 0.422 e. The van der Waals surface area contributed by atoms with E-state index in [2.05, 4.69) is 30.7 Å². The summed E-state index contributed by atoms with van der Waals surface area (Å²) in [7, 11) is 1.85. The highest BCUT2D eigenvalue weighted by atomic mass is 79.9. The van der Waals surface area contributed by atoms with Crippen molar-refractivity contribution >= 4 is 15.9 Å². The van der Waals surface area contributed by atoms with Crippen LogP contribution in [0.5, 0.6) is 11.5 Å². The zero-order chi connectivity index (χ0) is 23.3. The monoisotopic (exact) mass is 515 g/mol. The molecule has 0 saturated carbocycles. The maximum atomic E-state index is 11.9. The first-order chi connectivity index (χ1) is 14.5. The molecule has 0 radical (unpaired) electrons. The highest BCUT2D eigenvalue weighted by molar-refractivity contribution is 9.09. The number of likely N-dealkylation sites (N-methyl/N-ethyl adjacent to an activating group) is 1. The van der Waals surface area contributed by atoms with Gasteiger partial charge in [-0.05, 0) is 61.8 Å². The second kappa shape index (κ2) is 13.5. The average Bonchev–Trinajstić information content (AvgIpc) is 2.70. The third-order valence-electron chi connectivity index (χ3n) is 3.70. The molecule has 0 aromatic heterocycles. The van der Waals surface area contributed by atoms with Gasteiger partial charge in [0, 0.05) is 5.33 Å². The molecule has 0 spiro atoms. The molecule has 0 unspecified atom stereocenters. The van der Waals surface area contributed by atoms with Crippen molar-refractivity contribution in [1.82, 2.24) is 5.32 Å². The minimum Gasteiger partial charge on any atom is -0.484 e. The van der Waals surface area contributed by atoms with Gasteiger partial charge in [-0.2, -0.15) is 26.3 Å². The summed E-state index contributed by atoms with van der Waals surface area (Å²) in [6.45, 7) is -1.66. The number of halogens is 7. The Kier molecular flexibility index (Phi) is 11.8. The van der Waals surface area contributed by atoms with Crippen LogP contribution in [-0.2, 0) is 12.8 Å². The summed E-state index contributed by atoms with van der Waals surface area (Å²) in [5, 5.41) is 3.82. The fourth-order valence-electron chi connectivity index (χ4n) is 2.21. The molecule has 1 N–H and O–H groups in total. The fourth-order valence-corrected chi connectivity index (χ4v) is 2.67. The van der Waals surface area contributed by atoms with Crippen LogP contribution in [0.1, 0.15) is 11.1 Å². The largest absolute Gasteiger partial charge is 0.484 e. The quantitative estimate of drug-likeness (QED) is 0.330. The Morgan fingerprint density at radius 1 is 0.710 bits per heavy atom. The van der Waals surface area contributed by atoms with Crippen LogP contribution in [0.15, 0.2) is 48.5 Å². The molecule has 0 bridgehead atoms. The van der Waals surface area contributed by atoms with E-state index in [9.17, 15) is 26.3 Å². The van der Waals surface area contributed by atoms with Gasteiger partial charge >= 0.3 is 12.4 Å². The molecule has 10 heteroatoms. The van der Waals surface area contributed by atoms with Gasteiger partial charge in [-0.15, -0.1) is 0 Å². The molecule has 2 aromatic rings. The lowest BCUT2D eigenvalue weighted by Crippen LogP contribution is -2.19. The van der Waals surface area contributed by atoms with Crippen molar-refractivity contribution in [2.45, 2.75) is 25.2 Å². The van der Waals surface area contributed by atoms with Gasteiger partial charge in [0.25, 0.3) is 0 Å². The zero-order valence-corrected chi connectivity index (χ0v) is 18.4. The van der Waals surface area contributed by atoms with Crippen molar-refractivity contribution in [3.8, 4) is 11.5 Å². The Morgan fingerprint density at radius 3 is 1.42 bits per heavy atom. The Labute approximate surface area is 185 Å². The van der Waals surface area contributed by atoms with Crippen molar-refractivity contribution in [2.75, 3.05) is 32.1 Å². The number of rotatable bonds is 9. The van der Waals surface area contributed by atoms with E-state index in [1.54, 1.807) is 48.5 Å². The lowest BCUT2D eigenvalue weighted by molar-refractivity contribution is -0.154. The van der Waals surface area contributed by atoms with Crippen molar-refractivity contribution in [2.24, 2.45) is 0 Å². The molecule has 2 aromatic carbocycles. The predicted molar refractivity (Wildman–Crippen MR) is 111 cm³/mol. The molecule has 0 aliphatic rings. The Hall–Kier alpha value is -1.94. The van der Waals surface area contributed by atoms with E-state index in [1.807, 2.05) is 7.05 Å². The van der Waals surface area contributed by atoms with E-state index in [0.717, 1.165) is 35.8 Å². The third-order valence-corrected chi connectivity index (χ3v) is 4.10. The molecule has 0 saturated heterocycles. The van der Waals surface area contributed by atoms with Gasteiger partial charge in [0.2, 0.25) is 0 Å². The second-order valence-electron chi connectivity index (χ2n) is 6.39. The topological polar surface area (TPSA) is 30.5 Å². The minimum absolute atomic E-state index is 0.241. The van der Waals surface area contributed by atoms with Crippen LogP contribution in [0.3, 0.4) is 0 Å². The molecule has 0 amide bonds. The van der Waals surface area contributed by atoms with Crippen LogP contribution in [0.25, 0.3) is 0 Å². The standard InChI is InChI=1S/C11H14F3NO.C10H10BrF3O/c1-15-7-6-9-2-4-10(5-3-9)16-8-11(12,13)14;11-6-5-8-1-3-9(4-2-8)15-7-10(12,13)14/h2-5,15H,6-8H2,1H3;1-4H,5-7H2. The lowest BCUT2D eigenvalue weighted by Gasteiger charge is -2.09. The Balaban J connectivity index is 0.000000311. The number of ether oxygens (including phenoxy) is 2. The molecule has 31 heavy (non-hydrogen) atoms. The van der Waals surface area contributed by atoms with Crippen LogP contribution in [-0.4, -0.2) is 44.5 Å². The number of benzene rings is 2. The summed E-state index contributed by atoms with van der Waals surface area (Å²) in [5.41, 5.74) is 2.12. The summed E-state index contributed by atoms with van der Waals surface area (Å²) in [6.07, 6.45) is -6.88. The highest BCUT2D eigenvalue weighted by Crippen LogP contribution is 2.20. The van der Waals surface area contributed by atoms with Crippen LogP contribution < -0.4 is 14.8 Å². The molecule has 2 rings (SSSR count). The summed E-state index contributed by atoms with van der Waals surface area (Å²) in [4.78, 5) is 0. The van der Waals surface area contributed by atoms with E-state index in [0.29, 0.717) is 0 Å². The normalized spacial score (nSPS) is 11.5. The van der Waals surface area contributed by atoms with E-state index < -0.39 is 25.6 Å². The van der Waals surface area contributed by atoms with Crippen LogP contribution >= 0.6 is 15.9 Å². The van der Waals surface area contributed by atoms with Crippen molar-refractivity contribution in [1.29, 1.82) is 0 Å². The van der Waals surface area contributed by atoms with Crippen LogP contribution in [0.2, 0.25) is 0 Å². The summed E-state index contributed by atoms with van der Waals surface area (Å²) >= 11 is 3.28. The van der Waals surface area contributed by atoms with E-state index in [-0.39, 0.29) is 11.5 Å². The molecule has 0 aliphatic heterocycles. The van der Waals surface area contributed by atoms with Crippen molar-refractivity contribution < 1.29 is 35.8 Å². The van der Waals surface area contributed by atoms with Crippen molar-refractivity contribution in [3.63, 3.8) is 0 Å². The number of alkyl halides is 7. The summed E-state index contributed by atoms with van der Waals surface area (Å²) in [5.74, 6) is 0.483. The van der Waals surface area contributed by atoms with Gasteiger partial charge in [0.1, 0.15) is 11.5 Å². The Morgan fingerprint density at radius 2 is 1.10 bits per heavy atom. The lowest BCUT2D eigenvalue weighted by atomic mass is 10.1. The summed E-state index contributed by atoms with van der Waals surface area (Å²) in [6, 6.07) is 13.2. The van der Waals surface area contributed by atoms with E-state index >= 15 is 0 Å². The van der Waals surface area contributed by atoms with E-state index in [4.69, 9.17) is 0 Å².